The van der Waals surface area contributed by atoms with Crippen LogP contribution < -0.4 is 4.74 Å². The largest absolute Gasteiger partial charge is 0.495 e. The number of methoxy groups -OCH3 is 1. The minimum absolute atomic E-state index is 0.0277. The van der Waals surface area contributed by atoms with Gasteiger partial charge in [0.25, 0.3) is 0 Å². The highest BCUT2D eigenvalue weighted by atomic mass is 35.5. The summed E-state index contributed by atoms with van der Waals surface area (Å²) >= 11 is 12.0. The molecule has 0 fully saturated rings. The number of rotatable bonds is 4. The van der Waals surface area contributed by atoms with Crippen LogP contribution in [0.3, 0.4) is 0 Å². The van der Waals surface area contributed by atoms with Crippen molar-refractivity contribution in [3.63, 3.8) is 0 Å². The van der Waals surface area contributed by atoms with Gasteiger partial charge in [0.15, 0.2) is 0 Å². The standard InChI is InChI=1S/C12H14Cl2O3/c1-12(2,6-10(15)16)8-4-7(13)5-9(14)11(8)17-3/h4-5H,6H2,1-3H3,(H,15,16). The Hall–Kier alpha value is -0.930. The smallest absolute Gasteiger partial charge is 0.304 e. The van der Waals surface area contributed by atoms with Crippen molar-refractivity contribution in [2.45, 2.75) is 25.7 Å². The van der Waals surface area contributed by atoms with Crippen molar-refractivity contribution in [2.24, 2.45) is 0 Å². The van der Waals surface area contributed by atoms with E-state index in [0.29, 0.717) is 21.4 Å². The van der Waals surface area contributed by atoms with Gasteiger partial charge in [0, 0.05) is 16.0 Å². The third-order valence-corrected chi connectivity index (χ3v) is 3.03. The molecule has 0 aliphatic carbocycles. The number of hydrogen-bond donors (Lipinski definition) is 1. The van der Waals surface area contributed by atoms with Gasteiger partial charge in [0.1, 0.15) is 5.75 Å². The van der Waals surface area contributed by atoms with Gasteiger partial charge < -0.3 is 9.84 Å². The Bertz CT molecular complexity index is 442. The van der Waals surface area contributed by atoms with E-state index in [1.807, 2.05) is 13.8 Å². The van der Waals surface area contributed by atoms with E-state index in [2.05, 4.69) is 0 Å². The Morgan fingerprint density at radius 3 is 2.47 bits per heavy atom. The maximum atomic E-state index is 10.9. The van der Waals surface area contributed by atoms with Crippen molar-refractivity contribution >= 4 is 29.2 Å². The first-order chi connectivity index (χ1) is 7.77. The zero-order valence-electron chi connectivity index (χ0n) is 9.88. The number of aliphatic carboxylic acids is 1. The van der Waals surface area contributed by atoms with Crippen LogP contribution in [0.4, 0.5) is 0 Å². The van der Waals surface area contributed by atoms with E-state index in [1.165, 1.54) is 7.11 Å². The third kappa shape index (κ3) is 3.27. The average molecular weight is 277 g/mol. The van der Waals surface area contributed by atoms with Crippen molar-refractivity contribution in [1.29, 1.82) is 0 Å². The number of benzene rings is 1. The van der Waals surface area contributed by atoms with Gasteiger partial charge in [-0.25, -0.2) is 0 Å². The molecule has 0 unspecified atom stereocenters. The summed E-state index contributed by atoms with van der Waals surface area (Å²) in [5, 5.41) is 9.75. The molecule has 0 aromatic heterocycles. The third-order valence-electron chi connectivity index (χ3n) is 2.53. The highest BCUT2D eigenvalue weighted by Crippen LogP contribution is 2.40. The maximum absolute atomic E-state index is 10.9. The zero-order valence-corrected chi connectivity index (χ0v) is 11.4. The molecule has 1 N–H and O–H groups in total. The number of ether oxygens (including phenoxy) is 1. The second-order valence-electron chi connectivity index (χ2n) is 4.42. The highest BCUT2D eigenvalue weighted by Gasteiger charge is 2.29. The first-order valence-electron chi connectivity index (χ1n) is 5.03. The van der Waals surface area contributed by atoms with Crippen LogP contribution in [-0.4, -0.2) is 18.2 Å². The van der Waals surface area contributed by atoms with E-state index in [0.717, 1.165) is 0 Å². The molecule has 17 heavy (non-hydrogen) atoms. The lowest BCUT2D eigenvalue weighted by Crippen LogP contribution is -2.22. The van der Waals surface area contributed by atoms with Crippen molar-refractivity contribution < 1.29 is 14.6 Å². The number of carboxylic acids is 1. The monoisotopic (exact) mass is 276 g/mol. The van der Waals surface area contributed by atoms with Gasteiger partial charge in [-0.1, -0.05) is 37.0 Å². The van der Waals surface area contributed by atoms with Gasteiger partial charge in [-0.3, -0.25) is 4.79 Å². The van der Waals surface area contributed by atoms with Crippen LogP contribution in [0.1, 0.15) is 25.8 Å². The SMILES string of the molecule is COc1c(Cl)cc(Cl)cc1C(C)(C)CC(=O)O. The minimum Gasteiger partial charge on any atom is -0.495 e. The molecule has 1 aromatic rings. The topological polar surface area (TPSA) is 46.5 Å². The molecule has 0 aliphatic rings. The Morgan fingerprint density at radius 1 is 1.41 bits per heavy atom. The van der Waals surface area contributed by atoms with E-state index in [1.54, 1.807) is 12.1 Å². The molecule has 0 heterocycles. The van der Waals surface area contributed by atoms with Crippen molar-refractivity contribution in [3.8, 4) is 5.75 Å². The number of carboxylic acid groups (broad SMARTS) is 1. The van der Waals surface area contributed by atoms with Crippen molar-refractivity contribution in [2.75, 3.05) is 7.11 Å². The summed E-state index contributed by atoms with van der Waals surface area (Å²) in [6, 6.07) is 3.26. The highest BCUT2D eigenvalue weighted by molar-refractivity contribution is 6.35. The zero-order chi connectivity index (χ0) is 13.2. The van der Waals surface area contributed by atoms with Gasteiger partial charge in [-0.05, 0) is 12.1 Å². The molecule has 0 saturated heterocycles. The fourth-order valence-electron chi connectivity index (χ4n) is 1.74. The van der Waals surface area contributed by atoms with Crippen LogP contribution in [0.15, 0.2) is 12.1 Å². The summed E-state index contributed by atoms with van der Waals surface area (Å²) < 4.78 is 5.22. The van der Waals surface area contributed by atoms with Gasteiger partial charge in [0.05, 0.1) is 18.6 Å². The van der Waals surface area contributed by atoms with Crippen LogP contribution in [0, 0.1) is 0 Å². The fourth-order valence-corrected chi connectivity index (χ4v) is 2.31. The van der Waals surface area contributed by atoms with E-state index < -0.39 is 11.4 Å². The normalized spacial score (nSPS) is 11.4. The molecule has 0 bridgehead atoms. The molecule has 1 rings (SSSR count). The second kappa shape index (κ2) is 5.15. The molecule has 0 aliphatic heterocycles. The first-order valence-corrected chi connectivity index (χ1v) is 5.79. The molecule has 3 nitrogen and oxygen atoms in total. The molecule has 0 spiro atoms. The second-order valence-corrected chi connectivity index (χ2v) is 5.27. The predicted molar refractivity (Wildman–Crippen MR) is 68.3 cm³/mol. The molecule has 5 heteroatoms. The van der Waals surface area contributed by atoms with Crippen LogP contribution in [0.2, 0.25) is 10.0 Å². The fraction of sp³-hybridized carbons (Fsp3) is 0.417. The number of carbonyl (C=O) groups is 1. The van der Waals surface area contributed by atoms with Gasteiger partial charge in [0.2, 0.25) is 0 Å². The lowest BCUT2D eigenvalue weighted by Gasteiger charge is -2.26. The lowest BCUT2D eigenvalue weighted by molar-refractivity contribution is -0.138. The van der Waals surface area contributed by atoms with Crippen LogP contribution >= 0.6 is 23.2 Å². The Balaban J connectivity index is 3.33. The van der Waals surface area contributed by atoms with E-state index >= 15 is 0 Å². The van der Waals surface area contributed by atoms with Crippen molar-refractivity contribution in [3.05, 3.63) is 27.7 Å². The van der Waals surface area contributed by atoms with Gasteiger partial charge in [-0.15, -0.1) is 0 Å². The average Bonchev–Trinajstić information content (AvgIpc) is 2.14. The summed E-state index contributed by atoms with van der Waals surface area (Å²) in [6.45, 7) is 3.62. The van der Waals surface area contributed by atoms with Crippen molar-refractivity contribution in [1.82, 2.24) is 0 Å². The molecule has 94 valence electrons. The van der Waals surface area contributed by atoms with Crippen LogP contribution in [0.5, 0.6) is 5.75 Å². The summed E-state index contributed by atoms with van der Waals surface area (Å²) in [5.41, 5.74) is 0.0889. The molecule has 0 saturated carbocycles. The van der Waals surface area contributed by atoms with E-state index in [9.17, 15) is 4.79 Å². The molecule has 1 aromatic carbocycles. The maximum Gasteiger partial charge on any atom is 0.304 e. The Kier molecular flexibility index (Phi) is 4.28. The number of hydrogen-bond acceptors (Lipinski definition) is 2. The van der Waals surface area contributed by atoms with E-state index in [4.69, 9.17) is 33.0 Å². The molecule has 0 radical (unpaired) electrons. The van der Waals surface area contributed by atoms with Gasteiger partial charge in [-0.2, -0.15) is 0 Å². The first kappa shape index (κ1) is 14.1. The van der Waals surface area contributed by atoms with E-state index in [-0.39, 0.29) is 6.42 Å². The Morgan fingerprint density at radius 2 is 2.00 bits per heavy atom. The minimum atomic E-state index is -0.881. The summed E-state index contributed by atoms with van der Waals surface area (Å²) in [6.07, 6.45) is -0.0277. The molecular weight excluding hydrogens is 263 g/mol. The summed E-state index contributed by atoms with van der Waals surface area (Å²) in [7, 11) is 1.50. The Labute approximate surface area is 110 Å². The summed E-state index contributed by atoms with van der Waals surface area (Å²) in [5.74, 6) is -0.407. The molecular formula is C12H14Cl2O3. The predicted octanol–water partition coefficient (Wildman–Crippen LogP) is 3.75. The quantitative estimate of drug-likeness (QED) is 0.911. The lowest BCUT2D eigenvalue weighted by atomic mass is 9.81. The van der Waals surface area contributed by atoms with Gasteiger partial charge >= 0.3 is 5.97 Å². The number of halogens is 2. The van der Waals surface area contributed by atoms with Crippen LogP contribution in [-0.2, 0) is 10.2 Å². The summed E-state index contributed by atoms with van der Waals surface area (Å²) in [4.78, 5) is 10.9. The molecule has 0 amide bonds. The molecule has 0 atom stereocenters. The van der Waals surface area contributed by atoms with Crippen LogP contribution in [0.25, 0.3) is 0 Å².